The van der Waals surface area contributed by atoms with Crippen molar-refractivity contribution in [1.82, 2.24) is 10.7 Å². The molecule has 0 saturated carbocycles. The van der Waals surface area contributed by atoms with Gasteiger partial charge in [-0.3, -0.25) is 5.43 Å². The number of hydrogen-bond donors (Lipinski definition) is 2. The third-order valence-electron chi connectivity index (χ3n) is 2.16. The number of halogens is 3. The molecular weight excluding hydrogens is 263 g/mol. The molecule has 3 nitrogen and oxygen atoms in total. The minimum absolute atomic E-state index is 0.293. The van der Waals surface area contributed by atoms with Gasteiger partial charge in [-0.1, -0.05) is 12.1 Å². The van der Waals surface area contributed by atoms with Crippen LogP contribution in [-0.4, -0.2) is 17.9 Å². The van der Waals surface area contributed by atoms with E-state index in [9.17, 15) is 13.2 Å². The predicted octanol–water partition coefficient (Wildman–Crippen LogP) is 2.52. The van der Waals surface area contributed by atoms with E-state index in [0.29, 0.717) is 16.4 Å². The second-order valence-electron chi connectivity index (χ2n) is 3.47. The van der Waals surface area contributed by atoms with Gasteiger partial charge < -0.3 is 5.32 Å². The third kappa shape index (κ3) is 3.99. The van der Waals surface area contributed by atoms with E-state index in [4.69, 9.17) is 12.2 Å². The fourth-order valence-electron chi connectivity index (χ4n) is 1.18. The fourth-order valence-corrected chi connectivity index (χ4v) is 1.22. The highest BCUT2D eigenvalue weighted by atomic mass is 32.1. The molecule has 98 valence electrons. The molecule has 0 heterocycles. The normalized spacial score (nSPS) is 12.2. The van der Waals surface area contributed by atoms with Crippen LogP contribution in [-0.2, 0) is 6.18 Å². The van der Waals surface area contributed by atoms with Gasteiger partial charge in [0.15, 0.2) is 5.11 Å². The molecule has 0 aliphatic heterocycles. The molecule has 0 radical (unpaired) electrons. The molecule has 1 aromatic carbocycles. The summed E-state index contributed by atoms with van der Waals surface area (Å²) in [6.07, 6.45) is -4.36. The zero-order valence-corrected chi connectivity index (χ0v) is 10.6. The first kappa shape index (κ1) is 14.4. The first-order chi connectivity index (χ1) is 8.34. The van der Waals surface area contributed by atoms with Gasteiger partial charge in [0.1, 0.15) is 0 Å². The van der Waals surface area contributed by atoms with E-state index < -0.39 is 11.7 Å². The molecule has 1 aromatic rings. The first-order valence-electron chi connectivity index (χ1n) is 5.04. The lowest BCUT2D eigenvalue weighted by Crippen LogP contribution is -2.29. The van der Waals surface area contributed by atoms with Gasteiger partial charge in [0.2, 0.25) is 0 Å². The zero-order valence-electron chi connectivity index (χ0n) is 9.80. The summed E-state index contributed by atoms with van der Waals surface area (Å²) in [5.74, 6) is 0. The Hall–Kier alpha value is -1.63. The minimum Gasteiger partial charge on any atom is -0.364 e. The molecule has 0 aliphatic rings. The predicted molar refractivity (Wildman–Crippen MR) is 68.4 cm³/mol. The lowest BCUT2D eigenvalue weighted by molar-refractivity contribution is -0.137. The van der Waals surface area contributed by atoms with Gasteiger partial charge in [-0.05, 0) is 36.8 Å². The zero-order chi connectivity index (χ0) is 13.8. The van der Waals surface area contributed by atoms with Crippen LogP contribution >= 0.6 is 12.2 Å². The highest BCUT2D eigenvalue weighted by molar-refractivity contribution is 7.80. The Morgan fingerprint density at radius 3 is 2.56 bits per heavy atom. The van der Waals surface area contributed by atoms with Crippen molar-refractivity contribution in [3.8, 4) is 0 Å². The molecule has 2 N–H and O–H groups in total. The summed E-state index contributed by atoms with van der Waals surface area (Å²) in [5, 5.41) is 6.82. The Morgan fingerprint density at radius 1 is 1.33 bits per heavy atom. The summed E-state index contributed by atoms with van der Waals surface area (Å²) in [6, 6.07) is 4.96. The molecule has 1 rings (SSSR count). The molecule has 0 saturated heterocycles. The van der Waals surface area contributed by atoms with E-state index in [1.807, 2.05) is 0 Å². The second-order valence-corrected chi connectivity index (χ2v) is 3.87. The van der Waals surface area contributed by atoms with E-state index in [0.717, 1.165) is 12.1 Å². The fraction of sp³-hybridized carbons (Fsp3) is 0.273. The van der Waals surface area contributed by atoms with E-state index >= 15 is 0 Å². The summed E-state index contributed by atoms with van der Waals surface area (Å²) < 4.78 is 37.5. The van der Waals surface area contributed by atoms with Crippen LogP contribution in [0.2, 0.25) is 0 Å². The van der Waals surface area contributed by atoms with Gasteiger partial charge in [-0.2, -0.15) is 18.3 Å². The molecule has 18 heavy (non-hydrogen) atoms. The Morgan fingerprint density at radius 2 is 2.00 bits per heavy atom. The molecule has 0 aromatic heterocycles. The van der Waals surface area contributed by atoms with Crippen molar-refractivity contribution in [2.75, 3.05) is 7.05 Å². The van der Waals surface area contributed by atoms with Gasteiger partial charge in [-0.15, -0.1) is 0 Å². The van der Waals surface area contributed by atoms with E-state index in [-0.39, 0.29) is 0 Å². The summed E-state index contributed by atoms with van der Waals surface area (Å²) in [6.45, 7) is 1.60. The Labute approximate surface area is 108 Å². The number of thiocarbonyl (C=S) groups is 1. The molecule has 0 bridgehead atoms. The Balaban J connectivity index is 2.93. The number of benzene rings is 1. The number of hydrazone groups is 1. The first-order valence-corrected chi connectivity index (χ1v) is 5.45. The van der Waals surface area contributed by atoms with Crippen LogP contribution in [0, 0.1) is 0 Å². The van der Waals surface area contributed by atoms with Crippen molar-refractivity contribution in [3.05, 3.63) is 35.4 Å². The van der Waals surface area contributed by atoms with Gasteiger partial charge in [0, 0.05) is 7.05 Å². The number of hydrogen-bond acceptors (Lipinski definition) is 2. The van der Waals surface area contributed by atoms with Crippen molar-refractivity contribution in [1.29, 1.82) is 0 Å². The molecule has 0 amide bonds. The van der Waals surface area contributed by atoms with Crippen LogP contribution in [0.25, 0.3) is 0 Å². The number of alkyl halides is 3. The summed E-state index contributed by atoms with van der Waals surface area (Å²) in [5.41, 5.74) is 2.61. The van der Waals surface area contributed by atoms with E-state index in [1.54, 1.807) is 20.0 Å². The lowest BCUT2D eigenvalue weighted by atomic mass is 10.1. The summed E-state index contributed by atoms with van der Waals surface area (Å²) in [4.78, 5) is 0. The average Bonchev–Trinajstić information content (AvgIpc) is 2.34. The van der Waals surface area contributed by atoms with Crippen LogP contribution in [0.15, 0.2) is 29.4 Å². The average molecular weight is 275 g/mol. The standard InChI is InChI=1S/C11H12F3N3S/c1-7(16-17-10(18)15-2)8-4-3-5-9(6-8)11(12,13)14/h3-6H,1-2H3,(H2,15,17,18)/b16-7+. The molecule has 0 fully saturated rings. The number of rotatable bonds is 2. The smallest absolute Gasteiger partial charge is 0.364 e. The van der Waals surface area contributed by atoms with Crippen LogP contribution in [0.4, 0.5) is 13.2 Å². The van der Waals surface area contributed by atoms with Crippen molar-refractivity contribution in [2.24, 2.45) is 5.10 Å². The highest BCUT2D eigenvalue weighted by Gasteiger charge is 2.30. The Bertz CT molecular complexity index is 469. The summed E-state index contributed by atoms with van der Waals surface area (Å²) in [7, 11) is 1.62. The van der Waals surface area contributed by atoms with Crippen LogP contribution in [0.3, 0.4) is 0 Å². The van der Waals surface area contributed by atoms with Gasteiger partial charge in [-0.25, -0.2) is 0 Å². The van der Waals surface area contributed by atoms with Crippen molar-refractivity contribution < 1.29 is 13.2 Å². The minimum atomic E-state index is -4.36. The van der Waals surface area contributed by atoms with Crippen molar-refractivity contribution in [3.63, 3.8) is 0 Å². The van der Waals surface area contributed by atoms with Crippen molar-refractivity contribution in [2.45, 2.75) is 13.1 Å². The second kappa shape index (κ2) is 5.81. The largest absolute Gasteiger partial charge is 0.416 e. The molecule has 0 unspecified atom stereocenters. The maximum absolute atomic E-state index is 12.5. The van der Waals surface area contributed by atoms with Gasteiger partial charge in [0.25, 0.3) is 0 Å². The SMILES string of the molecule is CNC(=S)N/N=C(\C)c1cccc(C(F)(F)F)c1. The van der Waals surface area contributed by atoms with Crippen molar-refractivity contribution >= 4 is 23.0 Å². The number of nitrogens with zero attached hydrogens (tertiary/aromatic N) is 1. The van der Waals surface area contributed by atoms with Gasteiger partial charge in [0.05, 0.1) is 11.3 Å². The monoisotopic (exact) mass is 275 g/mol. The van der Waals surface area contributed by atoms with E-state index in [1.165, 1.54) is 6.07 Å². The molecule has 7 heteroatoms. The highest BCUT2D eigenvalue weighted by Crippen LogP contribution is 2.29. The molecule has 0 spiro atoms. The Kier molecular flexibility index (Phi) is 4.66. The summed E-state index contributed by atoms with van der Waals surface area (Å²) >= 11 is 4.80. The van der Waals surface area contributed by atoms with Crippen LogP contribution < -0.4 is 10.7 Å². The molecular formula is C11H12F3N3S. The molecule has 0 aliphatic carbocycles. The topological polar surface area (TPSA) is 36.4 Å². The van der Waals surface area contributed by atoms with Crippen LogP contribution in [0.1, 0.15) is 18.1 Å². The third-order valence-corrected chi connectivity index (χ3v) is 2.46. The molecule has 0 atom stereocenters. The quantitative estimate of drug-likeness (QED) is 0.495. The van der Waals surface area contributed by atoms with Crippen LogP contribution in [0.5, 0.6) is 0 Å². The lowest BCUT2D eigenvalue weighted by Gasteiger charge is -2.09. The van der Waals surface area contributed by atoms with Gasteiger partial charge >= 0.3 is 6.18 Å². The van der Waals surface area contributed by atoms with E-state index in [2.05, 4.69) is 15.8 Å². The maximum Gasteiger partial charge on any atom is 0.416 e. The maximum atomic E-state index is 12.5. The number of nitrogens with one attached hydrogen (secondary N) is 2.